The third-order valence-corrected chi connectivity index (χ3v) is 6.01. The average molecular weight is 323 g/mol. The van der Waals surface area contributed by atoms with Crippen molar-refractivity contribution in [3.8, 4) is 0 Å². The molecule has 1 aliphatic heterocycles. The molecule has 3 heteroatoms. The molecule has 118 valence electrons. The molecule has 0 radical (unpaired) electrons. The number of benzene rings is 1. The van der Waals surface area contributed by atoms with Gasteiger partial charge in [0.15, 0.2) is 5.78 Å². The minimum Gasteiger partial charge on any atom is -0.297 e. The summed E-state index contributed by atoms with van der Waals surface area (Å²) >= 11 is 1.78. The summed E-state index contributed by atoms with van der Waals surface area (Å²) in [5.74, 6) is 0.410. The zero-order chi connectivity index (χ0) is 15.7. The summed E-state index contributed by atoms with van der Waals surface area (Å²) in [6, 6.07) is 14.7. The van der Waals surface area contributed by atoms with Gasteiger partial charge >= 0.3 is 0 Å². The van der Waals surface area contributed by atoms with Gasteiger partial charge in [0, 0.05) is 17.8 Å². The van der Waals surface area contributed by atoms with Crippen LogP contribution in [0.4, 0.5) is 0 Å². The number of Topliss-reactive ketones (excluding diaryl/α,β-unsaturated/α-hetero) is 1. The molecule has 0 saturated carbocycles. The Hall–Kier alpha value is -1.71. The van der Waals surface area contributed by atoms with E-state index < -0.39 is 5.54 Å². The number of allylic oxidation sites excluding steroid dienone is 1. The molecule has 1 unspecified atom stereocenters. The van der Waals surface area contributed by atoms with Gasteiger partial charge < -0.3 is 0 Å². The molecular formula is C20H21NOS. The first-order chi connectivity index (χ1) is 11.3. The van der Waals surface area contributed by atoms with Crippen molar-refractivity contribution >= 4 is 22.7 Å². The van der Waals surface area contributed by atoms with Crippen LogP contribution in [0.15, 0.2) is 53.9 Å². The summed E-state index contributed by atoms with van der Waals surface area (Å²) in [5.41, 5.74) is 2.05. The normalized spacial score (nSPS) is 25.0. The topological polar surface area (TPSA) is 20.3 Å². The molecule has 2 aromatic rings. The van der Waals surface area contributed by atoms with Crippen molar-refractivity contribution in [1.82, 2.24) is 4.90 Å². The van der Waals surface area contributed by atoms with E-state index in [2.05, 4.69) is 52.8 Å². The Balaban J connectivity index is 1.76. The van der Waals surface area contributed by atoms with Crippen molar-refractivity contribution < 1.29 is 4.79 Å². The fourth-order valence-corrected chi connectivity index (χ4v) is 4.87. The van der Waals surface area contributed by atoms with Crippen LogP contribution in [0.1, 0.15) is 36.1 Å². The molecule has 1 fully saturated rings. The van der Waals surface area contributed by atoms with Crippen LogP contribution in [0.5, 0.6) is 0 Å². The number of carbonyl (C=O) groups excluding carboxylic acids is 1. The smallest absolute Gasteiger partial charge is 0.157 e. The molecule has 0 N–H and O–H groups in total. The maximum absolute atomic E-state index is 13.1. The van der Waals surface area contributed by atoms with Gasteiger partial charge in [-0.3, -0.25) is 9.69 Å². The van der Waals surface area contributed by atoms with Gasteiger partial charge in [-0.15, -0.1) is 11.3 Å². The third kappa shape index (κ3) is 2.48. The van der Waals surface area contributed by atoms with Crippen LogP contribution >= 0.6 is 11.3 Å². The highest BCUT2D eigenvalue weighted by Gasteiger charge is 2.50. The molecule has 0 amide bonds. The quantitative estimate of drug-likeness (QED) is 0.827. The number of nitrogens with zero attached hydrogens (tertiary/aromatic N) is 1. The van der Waals surface area contributed by atoms with E-state index in [1.54, 1.807) is 11.3 Å². The number of rotatable bonds is 3. The Kier molecular flexibility index (Phi) is 3.92. The summed E-state index contributed by atoms with van der Waals surface area (Å²) in [7, 11) is 0. The number of carbonyl (C=O) groups is 1. The van der Waals surface area contributed by atoms with Crippen LogP contribution in [0, 0.1) is 0 Å². The number of thiophene rings is 1. The molecule has 2 aliphatic rings. The van der Waals surface area contributed by atoms with E-state index in [0.717, 1.165) is 32.4 Å². The molecule has 1 spiro atoms. The van der Waals surface area contributed by atoms with E-state index in [1.807, 2.05) is 6.07 Å². The molecule has 2 nitrogen and oxygen atoms in total. The highest BCUT2D eigenvalue weighted by atomic mass is 32.1. The monoisotopic (exact) mass is 323 g/mol. The van der Waals surface area contributed by atoms with Crippen molar-refractivity contribution in [3.63, 3.8) is 0 Å². The van der Waals surface area contributed by atoms with Gasteiger partial charge in [0.05, 0.1) is 0 Å². The molecule has 1 aromatic carbocycles. The number of hydrogen-bond donors (Lipinski definition) is 0. The van der Waals surface area contributed by atoms with Crippen LogP contribution in [-0.2, 0) is 11.3 Å². The molecule has 4 rings (SSSR count). The summed E-state index contributed by atoms with van der Waals surface area (Å²) < 4.78 is 0. The number of ketones is 1. The van der Waals surface area contributed by atoms with Gasteiger partial charge in [-0.25, -0.2) is 0 Å². The van der Waals surface area contributed by atoms with Crippen LogP contribution in [0.2, 0.25) is 0 Å². The standard InChI is InChI=1S/C20H21NOS/c22-19-11-4-10-18(16-7-2-1-3-8-16)20(19)12-6-13-21(20)15-17-9-5-14-23-17/h1-3,5,7-10,14H,4,6,11-13,15H2. The number of hydrogen-bond acceptors (Lipinski definition) is 3. The molecule has 1 aliphatic carbocycles. The van der Waals surface area contributed by atoms with Crippen LogP contribution in [-0.4, -0.2) is 22.8 Å². The molecule has 2 heterocycles. The van der Waals surface area contributed by atoms with Gasteiger partial charge in [-0.1, -0.05) is 42.5 Å². The Morgan fingerprint density at radius 3 is 2.78 bits per heavy atom. The maximum atomic E-state index is 13.1. The Labute approximate surface area is 141 Å². The molecule has 1 saturated heterocycles. The molecule has 23 heavy (non-hydrogen) atoms. The lowest BCUT2D eigenvalue weighted by molar-refractivity contribution is -0.127. The summed E-state index contributed by atoms with van der Waals surface area (Å²) in [4.78, 5) is 16.8. The van der Waals surface area contributed by atoms with E-state index in [4.69, 9.17) is 0 Å². The third-order valence-electron chi connectivity index (χ3n) is 5.14. The first-order valence-electron chi connectivity index (χ1n) is 8.37. The van der Waals surface area contributed by atoms with Crippen LogP contribution in [0.3, 0.4) is 0 Å². The van der Waals surface area contributed by atoms with Gasteiger partial charge in [0.2, 0.25) is 0 Å². The second-order valence-electron chi connectivity index (χ2n) is 6.41. The van der Waals surface area contributed by atoms with Crippen LogP contribution < -0.4 is 0 Å². The predicted molar refractivity (Wildman–Crippen MR) is 95.4 cm³/mol. The second-order valence-corrected chi connectivity index (χ2v) is 7.44. The highest BCUT2D eigenvalue weighted by molar-refractivity contribution is 7.09. The van der Waals surface area contributed by atoms with Gasteiger partial charge in [0.25, 0.3) is 0 Å². The van der Waals surface area contributed by atoms with E-state index in [9.17, 15) is 4.79 Å². The van der Waals surface area contributed by atoms with Crippen molar-refractivity contribution in [3.05, 3.63) is 64.4 Å². The first kappa shape index (κ1) is 14.9. The Bertz CT molecular complexity index is 719. The van der Waals surface area contributed by atoms with E-state index in [1.165, 1.54) is 16.0 Å². The predicted octanol–water partition coefficient (Wildman–Crippen LogP) is 4.53. The van der Waals surface area contributed by atoms with Gasteiger partial charge in [-0.2, -0.15) is 0 Å². The largest absolute Gasteiger partial charge is 0.297 e. The average Bonchev–Trinajstić information content (AvgIpc) is 3.23. The maximum Gasteiger partial charge on any atom is 0.157 e. The second kappa shape index (κ2) is 6.06. The van der Waals surface area contributed by atoms with Crippen molar-refractivity contribution in [2.45, 2.75) is 37.8 Å². The lowest BCUT2D eigenvalue weighted by Gasteiger charge is -2.41. The summed E-state index contributed by atoms with van der Waals surface area (Å²) in [5, 5.41) is 2.12. The molecule has 1 aromatic heterocycles. The minimum absolute atomic E-state index is 0.399. The van der Waals surface area contributed by atoms with Crippen molar-refractivity contribution in [2.75, 3.05) is 6.54 Å². The zero-order valence-electron chi connectivity index (χ0n) is 13.2. The Morgan fingerprint density at radius 1 is 1.13 bits per heavy atom. The fourth-order valence-electron chi connectivity index (χ4n) is 4.15. The lowest BCUT2D eigenvalue weighted by Crippen LogP contribution is -2.52. The van der Waals surface area contributed by atoms with Crippen LogP contribution in [0.25, 0.3) is 5.57 Å². The summed E-state index contributed by atoms with van der Waals surface area (Å²) in [6.45, 7) is 1.89. The number of likely N-dealkylation sites (tertiary alicyclic amines) is 1. The fraction of sp³-hybridized carbons (Fsp3) is 0.350. The first-order valence-corrected chi connectivity index (χ1v) is 9.25. The van der Waals surface area contributed by atoms with Gasteiger partial charge in [-0.05, 0) is 48.4 Å². The highest BCUT2D eigenvalue weighted by Crippen LogP contribution is 2.46. The van der Waals surface area contributed by atoms with E-state index in [-0.39, 0.29) is 0 Å². The van der Waals surface area contributed by atoms with Crippen molar-refractivity contribution in [2.24, 2.45) is 0 Å². The SMILES string of the molecule is O=C1CCC=C(c2ccccc2)C12CCCN2Cc1cccs1. The van der Waals surface area contributed by atoms with Gasteiger partial charge in [0.1, 0.15) is 5.54 Å². The molecule has 0 bridgehead atoms. The molecular weight excluding hydrogens is 302 g/mol. The lowest BCUT2D eigenvalue weighted by atomic mass is 9.74. The van der Waals surface area contributed by atoms with Crippen molar-refractivity contribution in [1.29, 1.82) is 0 Å². The van der Waals surface area contributed by atoms with E-state index >= 15 is 0 Å². The minimum atomic E-state index is -0.399. The Morgan fingerprint density at radius 2 is 2.00 bits per heavy atom. The zero-order valence-corrected chi connectivity index (χ0v) is 14.0. The van der Waals surface area contributed by atoms with E-state index in [0.29, 0.717) is 12.2 Å². The summed E-state index contributed by atoms with van der Waals surface area (Å²) in [6.07, 6.45) is 5.91. The molecule has 1 atom stereocenters.